The molecule has 3 N–H and O–H groups in total. The largest absolute Gasteiger partial charge is 0.396 e. The molecule has 1 atom stereocenters. The molecular weight excluding hydrogens is 462 g/mol. The normalized spacial score (nSPS) is 19.5. The van der Waals surface area contributed by atoms with Gasteiger partial charge in [-0.15, -0.1) is 24.0 Å². The number of halogens is 2. The standard InChI is InChI=1S/C19H31FN4O2.HI/c1-4-21-18(23-13-19(7-9-25)8-10-26-14-19)22-12-15-5-6-17(24(2)3)16(20)11-15;/h5-6,11,25H,4,7-10,12-14H2,1-3H3,(H2,21,22,23);1H. The summed E-state index contributed by atoms with van der Waals surface area (Å²) in [6.45, 7) is 5.35. The second kappa shape index (κ2) is 11.7. The number of guanidine groups is 1. The van der Waals surface area contributed by atoms with E-state index in [1.54, 1.807) is 11.0 Å². The Bertz CT molecular complexity index is 607. The average molecular weight is 494 g/mol. The Hall–Kier alpha value is -1.13. The number of anilines is 1. The van der Waals surface area contributed by atoms with Crippen LogP contribution in [0, 0.1) is 11.2 Å². The average Bonchev–Trinajstić information content (AvgIpc) is 3.06. The highest BCUT2D eigenvalue weighted by molar-refractivity contribution is 14.0. The van der Waals surface area contributed by atoms with Crippen molar-refractivity contribution >= 4 is 35.6 Å². The first-order valence-corrected chi connectivity index (χ1v) is 9.16. The highest BCUT2D eigenvalue weighted by Crippen LogP contribution is 2.31. The van der Waals surface area contributed by atoms with Gasteiger partial charge >= 0.3 is 0 Å². The molecule has 8 heteroatoms. The molecule has 154 valence electrons. The molecule has 1 unspecified atom stereocenters. The first kappa shape index (κ1) is 23.9. The van der Waals surface area contributed by atoms with E-state index < -0.39 is 0 Å². The quantitative estimate of drug-likeness (QED) is 0.294. The van der Waals surface area contributed by atoms with Crippen LogP contribution >= 0.6 is 24.0 Å². The van der Waals surface area contributed by atoms with E-state index in [-0.39, 0.29) is 41.8 Å². The molecule has 0 spiro atoms. The fourth-order valence-electron chi connectivity index (χ4n) is 3.11. The third kappa shape index (κ3) is 7.08. The van der Waals surface area contributed by atoms with Crippen molar-refractivity contribution in [2.75, 3.05) is 51.9 Å². The van der Waals surface area contributed by atoms with Crippen LogP contribution < -0.4 is 15.5 Å². The van der Waals surface area contributed by atoms with Crippen LogP contribution in [0.25, 0.3) is 0 Å². The van der Waals surface area contributed by atoms with Crippen molar-refractivity contribution < 1.29 is 14.2 Å². The molecular formula is C19H32FIN4O2. The third-order valence-corrected chi connectivity index (χ3v) is 4.72. The minimum atomic E-state index is -0.245. The van der Waals surface area contributed by atoms with Crippen LogP contribution in [-0.2, 0) is 11.3 Å². The van der Waals surface area contributed by atoms with Gasteiger partial charge in [-0.2, -0.15) is 0 Å². The van der Waals surface area contributed by atoms with Gasteiger partial charge in [-0.3, -0.25) is 0 Å². The van der Waals surface area contributed by atoms with Gasteiger partial charge < -0.3 is 25.4 Å². The van der Waals surface area contributed by atoms with Crippen LogP contribution in [0.4, 0.5) is 10.1 Å². The molecule has 0 aromatic heterocycles. The lowest BCUT2D eigenvalue weighted by atomic mass is 9.84. The number of ether oxygens (including phenoxy) is 1. The minimum absolute atomic E-state index is 0. The van der Waals surface area contributed by atoms with Gasteiger partial charge in [0.05, 0.1) is 18.8 Å². The first-order chi connectivity index (χ1) is 12.5. The van der Waals surface area contributed by atoms with Crippen LogP contribution in [0.5, 0.6) is 0 Å². The van der Waals surface area contributed by atoms with Crippen molar-refractivity contribution in [2.45, 2.75) is 26.3 Å². The molecule has 1 aliphatic heterocycles. The Kier molecular flexibility index (Phi) is 10.3. The van der Waals surface area contributed by atoms with E-state index >= 15 is 0 Å². The lowest BCUT2D eigenvalue weighted by Gasteiger charge is -2.27. The number of nitrogens with one attached hydrogen (secondary N) is 2. The Morgan fingerprint density at radius 3 is 2.70 bits per heavy atom. The van der Waals surface area contributed by atoms with Crippen molar-refractivity contribution in [1.82, 2.24) is 10.6 Å². The maximum Gasteiger partial charge on any atom is 0.191 e. The Balaban J connectivity index is 0.00000364. The monoisotopic (exact) mass is 494 g/mol. The summed E-state index contributed by atoms with van der Waals surface area (Å²) in [6, 6.07) is 5.19. The van der Waals surface area contributed by atoms with E-state index in [0.29, 0.717) is 37.8 Å². The minimum Gasteiger partial charge on any atom is -0.396 e. The van der Waals surface area contributed by atoms with Crippen molar-refractivity contribution in [3.05, 3.63) is 29.6 Å². The van der Waals surface area contributed by atoms with Crippen LogP contribution in [0.3, 0.4) is 0 Å². The fraction of sp³-hybridized carbons (Fsp3) is 0.632. The summed E-state index contributed by atoms with van der Waals surface area (Å²) in [4.78, 5) is 6.31. The molecule has 1 fully saturated rings. The summed E-state index contributed by atoms with van der Waals surface area (Å²) in [5.41, 5.74) is 1.33. The van der Waals surface area contributed by atoms with Gasteiger partial charge in [0.25, 0.3) is 0 Å². The van der Waals surface area contributed by atoms with Crippen molar-refractivity contribution in [3.63, 3.8) is 0 Å². The summed E-state index contributed by atoms with van der Waals surface area (Å²) in [7, 11) is 3.64. The Morgan fingerprint density at radius 1 is 1.37 bits per heavy atom. The molecule has 1 aromatic rings. The zero-order valence-corrected chi connectivity index (χ0v) is 18.8. The molecule has 0 aliphatic carbocycles. The molecule has 1 aliphatic rings. The fourth-order valence-corrected chi connectivity index (χ4v) is 3.11. The number of aliphatic hydroxyl groups excluding tert-OH is 1. The summed E-state index contributed by atoms with van der Waals surface area (Å²) in [5.74, 6) is 0.444. The van der Waals surface area contributed by atoms with Crippen LogP contribution in [0.1, 0.15) is 25.3 Å². The van der Waals surface area contributed by atoms with Gasteiger partial charge in [-0.1, -0.05) is 6.07 Å². The second-order valence-electron chi connectivity index (χ2n) is 7.01. The molecule has 0 saturated carbocycles. The van der Waals surface area contributed by atoms with E-state index in [0.717, 1.165) is 25.1 Å². The van der Waals surface area contributed by atoms with Gasteiger partial charge in [0, 0.05) is 45.8 Å². The number of nitrogens with zero attached hydrogens (tertiary/aromatic N) is 2. The number of aliphatic hydroxyl groups is 1. The number of hydrogen-bond donors (Lipinski definition) is 3. The summed E-state index contributed by atoms with van der Waals surface area (Å²) < 4.78 is 19.6. The van der Waals surface area contributed by atoms with Crippen molar-refractivity contribution in [1.29, 1.82) is 0 Å². The van der Waals surface area contributed by atoms with Crippen molar-refractivity contribution in [2.24, 2.45) is 10.4 Å². The summed E-state index contributed by atoms with van der Waals surface area (Å²) in [6.07, 6.45) is 1.63. The van der Waals surface area contributed by atoms with Gasteiger partial charge in [0.2, 0.25) is 0 Å². The highest BCUT2D eigenvalue weighted by Gasteiger charge is 2.34. The molecule has 0 bridgehead atoms. The molecule has 1 aromatic carbocycles. The molecule has 1 heterocycles. The van der Waals surface area contributed by atoms with E-state index in [1.165, 1.54) is 6.07 Å². The van der Waals surface area contributed by atoms with Gasteiger partial charge in [0.1, 0.15) is 5.82 Å². The number of benzene rings is 1. The molecule has 27 heavy (non-hydrogen) atoms. The SMILES string of the molecule is CCNC(=NCc1ccc(N(C)C)c(F)c1)NCC1(CCO)CCOC1.I. The predicted octanol–water partition coefficient (Wildman–Crippen LogP) is 2.35. The Morgan fingerprint density at radius 2 is 2.15 bits per heavy atom. The lowest BCUT2D eigenvalue weighted by Crippen LogP contribution is -2.44. The topological polar surface area (TPSA) is 69.1 Å². The van der Waals surface area contributed by atoms with Gasteiger partial charge in [-0.25, -0.2) is 9.38 Å². The predicted molar refractivity (Wildman–Crippen MR) is 119 cm³/mol. The van der Waals surface area contributed by atoms with Gasteiger partial charge in [-0.05, 0) is 37.5 Å². The number of hydrogen-bond acceptors (Lipinski definition) is 4. The van der Waals surface area contributed by atoms with Crippen LogP contribution in [0.15, 0.2) is 23.2 Å². The zero-order chi connectivity index (χ0) is 19.0. The van der Waals surface area contributed by atoms with E-state index in [9.17, 15) is 9.50 Å². The molecule has 1 saturated heterocycles. The third-order valence-electron chi connectivity index (χ3n) is 4.72. The van der Waals surface area contributed by atoms with E-state index in [4.69, 9.17) is 4.74 Å². The van der Waals surface area contributed by atoms with Crippen LogP contribution in [0.2, 0.25) is 0 Å². The Labute approximate surface area is 178 Å². The molecule has 6 nitrogen and oxygen atoms in total. The smallest absolute Gasteiger partial charge is 0.191 e. The summed E-state index contributed by atoms with van der Waals surface area (Å²) in [5, 5.41) is 15.9. The lowest BCUT2D eigenvalue weighted by molar-refractivity contribution is 0.127. The first-order valence-electron chi connectivity index (χ1n) is 9.16. The van der Waals surface area contributed by atoms with E-state index in [1.807, 2.05) is 27.1 Å². The summed E-state index contributed by atoms with van der Waals surface area (Å²) >= 11 is 0. The maximum absolute atomic E-state index is 14.1. The zero-order valence-electron chi connectivity index (χ0n) is 16.4. The van der Waals surface area contributed by atoms with Gasteiger partial charge in [0.15, 0.2) is 5.96 Å². The molecule has 0 amide bonds. The highest BCUT2D eigenvalue weighted by atomic mass is 127. The molecule has 2 rings (SSSR count). The van der Waals surface area contributed by atoms with Crippen LogP contribution in [-0.4, -0.2) is 58.1 Å². The number of aliphatic imine (C=N–C) groups is 1. The van der Waals surface area contributed by atoms with E-state index in [2.05, 4.69) is 15.6 Å². The second-order valence-corrected chi connectivity index (χ2v) is 7.01. The van der Waals surface area contributed by atoms with Crippen molar-refractivity contribution in [3.8, 4) is 0 Å². The molecule has 0 radical (unpaired) electrons. The maximum atomic E-state index is 14.1. The number of rotatable bonds is 8.